The van der Waals surface area contributed by atoms with E-state index in [0.29, 0.717) is 5.92 Å². The number of halogens is 1. The van der Waals surface area contributed by atoms with Gasteiger partial charge in [-0.2, -0.15) is 5.10 Å². The molecule has 2 aromatic rings. The molecule has 0 unspecified atom stereocenters. The molecule has 0 atom stereocenters. The van der Waals surface area contributed by atoms with E-state index in [1.54, 1.807) is 0 Å². The van der Waals surface area contributed by atoms with E-state index >= 15 is 0 Å². The smallest absolute Gasteiger partial charge is 0.153 e. The maximum Gasteiger partial charge on any atom is 0.153 e. The molecular weight excluding hydrogens is 316 g/mol. The van der Waals surface area contributed by atoms with Gasteiger partial charge < -0.3 is 5.32 Å². The summed E-state index contributed by atoms with van der Waals surface area (Å²) in [4.78, 5) is 4.42. The summed E-state index contributed by atoms with van der Waals surface area (Å²) in [6.45, 7) is 10.3. The summed E-state index contributed by atoms with van der Waals surface area (Å²) in [6, 6.07) is 4.12. The van der Waals surface area contributed by atoms with Crippen LogP contribution in [0.1, 0.15) is 30.8 Å². The number of rotatable bonds is 5. The van der Waals surface area contributed by atoms with Crippen molar-refractivity contribution in [3.8, 4) is 5.82 Å². The highest BCUT2D eigenvalue weighted by Crippen LogP contribution is 2.22. The zero-order valence-electron chi connectivity index (χ0n) is 12.4. The Bertz CT molecular complexity index is 590. The summed E-state index contributed by atoms with van der Waals surface area (Å²) in [5, 5.41) is 7.96. The van der Waals surface area contributed by atoms with Crippen molar-refractivity contribution in [1.29, 1.82) is 0 Å². The van der Waals surface area contributed by atoms with Crippen LogP contribution in [0.25, 0.3) is 5.82 Å². The van der Waals surface area contributed by atoms with Gasteiger partial charge in [-0.25, -0.2) is 9.67 Å². The van der Waals surface area contributed by atoms with Gasteiger partial charge in [0.05, 0.1) is 15.9 Å². The Morgan fingerprint density at radius 1 is 1.35 bits per heavy atom. The van der Waals surface area contributed by atoms with Crippen molar-refractivity contribution >= 4 is 15.9 Å². The Balaban J connectivity index is 2.19. The van der Waals surface area contributed by atoms with Crippen LogP contribution in [0.2, 0.25) is 0 Å². The van der Waals surface area contributed by atoms with Crippen molar-refractivity contribution in [2.45, 2.75) is 34.2 Å². The third-order valence-corrected chi connectivity index (χ3v) is 4.26. The first-order valence-electron chi connectivity index (χ1n) is 6.86. The van der Waals surface area contributed by atoms with Crippen LogP contribution in [0, 0.1) is 19.8 Å². The van der Waals surface area contributed by atoms with Gasteiger partial charge in [0.2, 0.25) is 0 Å². The van der Waals surface area contributed by atoms with Gasteiger partial charge in [0.25, 0.3) is 0 Å². The van der Waals surface area contributed by atoms with Crippen LogP contribution in [0.4, 0.5) is 0 Å². The lowest BCUT2D eigenvalue weighted by Gasteiger charge is -2.09. The largest absolute Gasteiger partial charge is 0.312 e. The van der Waals surface area contributed by atoms with E-state index in [4.69, 9.17) is 0 Å². The van der Waals surface area contributed by atoms with Crippen molar-refractivity contribution in [2.75, 3.05) is 6.54 Å². The number of nitrogens with one attached hydrogen (secondary N) is 1. The molecule has 0 bridgehead atoms. The van der Waals surface area contributed by atoms with E-state index in [0.717, 1.165) is 34.8 Å². The summed E-state index contributed by atoms with van der Waals surface area (Å²) in [7, 11) is 0. The number of aromatic nitrogens is 3. The van der Waals surface area contributed by atoms with Crippen LogP contribution in [0.15, 0.2) is 22.8 Å². The van der Waals surface area contributed by atoms with Crippen molar-refractivity contribution in [1.82, 2.24) is 20.1 Å². The van der Waals surface area contributed by atoms with Gasteiger partial charge in [-0.05, 0) is 59.9 Å². The van der Waals surface area contributed by atoms with Crippen molar-refractivity contribution in [3.05, 3.63) is 39.8 Å². The minimum atomic E-state index is 0.656. The second-order valence-corrected chi connectivity index (χ2v) is 6.24. The summed E-state index contributed by atoms with van der Waals surface area (Å²) >= 11 is 3.55. The molecule has 2 heterocycles. The highest BCUT2D eigenvalue weighted by Gasteiger charge is 2.11. The Hall–Kier alpha value is -1.20. The SMILES string of the molecule is Cc1nn(-c2cc(CNCC(C)C)ccn2)c(C)c1Br. The van der Waals surface area contributed by atoms with E-state index in [-0.39, 0.29) is 0 Å². The van der Waals surface area contributed by atoms with Crippen LogP contribution in [0.3, 0.4) is 0 Å². The Labute approximate surface area is 128 Å². The van der Waals surface area contributed by atoms with Crippen molar-refractivity contribution in [2.24, 2.45) is 5.92 Å². The van der Waals surface area contributed by atoms with E-state index in [2.05, 4.69) is 51.2 Å². The van der Waals surface area contributed by atoms with Gasteiger partial charge in [-0.15, -0.1) is 0 Å². The van der Waals surface area contributed by atoms with Crippen LogP contribution in [0.5, 0.6) is 0 Å². The molecule has 108 valence electrons. The average molecular weight is 337 g/mol. The lowest BCUT2D eigenvalue weighted by molar-refractivity contribution is 0.552. The molecule has 0 fully saturated rings. The van der Waals surface area contributed by atoms with Gasteiger partial charge in [0.1, 0.15) is 0 Å². The molecule has 4 nitrogen and oxygen atoms in total. The molecule has 0 saturated heterocycles. The van der Waals surface area contributed by atoms with Gasteiger partial charge in [-0.1, -0.05) is 13.8 Å². The van der Waals surface area contributed by atoms with Gasteiger partial charge in [-0.3, -0.25) is 0 Å². The van der Waals surface area contributed by atoms with Crippen LogP contribution >= 0.6 is 15.9 Å². The topological polar surface area (TPSA) is 42.7 Å². The first-order valence-corrected chi connectivity index (χ1v) is 7.66. The summed E-state index contributed by atoms with van der Waals surface area (Å²) in [5.74, 6) is 1.52. The molecule has 0 aliphatic carbocycles. The minimum Gasteiger partial charge on any atom is -0.312 e. The predicted molar refractivity (Wildman–Crippen MR) is 85.1 cm³/mol. The molecule has 20 heavy (non-hydrogen) atoms. The van der Waals surface area contributed by atoms with Gasteiger partial charge >= 0.3 is 0 Å². The third-order valence-electron chi connectivity index (χ3n) is 3.11. The molecule has 2 aromatic heterocycles. The van der Waals surface area contributed by atoms with Crippen molar-refractivity contribution in [3.63, 3.8) is 0 Å². The van der Waals surface area contributed by atoms with Crippen LogP contribution in [-0.2, 0) is 6.54 Å². The molecule has 0 spiro atoms. The average Bonchev–Trinajstić information content (AvgIpc) is 2.66. The third kappa shape index (κ3) is 3.46. The number of aryl methyl sites for hydroxylation is 1. The zero-order chi connectivity index (χ0) is 14.7. The standard InChI is InChI=1S/C15H21BrN4/c1-10(2)8-17-9-13-5-6-18-14(7-13)20-12(4)15(16)11(3)19-20/h5-7,10,17H,8-9H2,1-4H3. The molecule has 0 saturated carbocycles. The molecule has 0 aliphatic rings. The van der Waals surface area contributed by atoms with Crippen LogP contribution < -0.4 is 5.32 Å². The summed E-state index contributed by atoms with van der Waals surface area (Å²) in [5.41, 5.74) is 3.27. The first-order chi connectivity index (χ1) is 9.49. The second kappa shape index (κ2) is 6.50. The molecule has 0 aliphatic heterocycles. The molecule has 0 radical (unpaired) electrons. The van der Waals surface area contributed by atoms with E-state index in [1.165, 1.54) is 5.56 Å². The lowest BCUT2D eigenvalue weighted by Crippen LogP contribution is -2.19. The molecule has 0 amide bonds. The summed E-state index contributed by atoms with van der Waals surface area (Å²) in [6.07, 6.45) is 1.84. The normalized spacial score (nSPS) is 11.3. The Morgan fingerprint density at radius 3 is 2.70 bits per heavy atom. The molecular formula is C15H21BrN4. The number of nitrogens with zero attached hydrogens (tertiary/aromatic N) is 3. The maximum absolute atomic E-state index is 4.52. The molecule has 2 rings (SSSR count). The lowest BCUT2D eigenvalue weighted by atomic mass is 10.2. The van der Waals surface area contributed by atoms with Crippen molar-refractivity contribution < 1.29 is 0 Å². The molecule has 5 heteroatoms. The summed E-state index contributed by atoms with van der Waals surface area (Å²) < 4.78 is 2.92. The zero-order valence-corrected chi connectivity index (χ0v) is 14.0. The number of pyridine rings is 1. The first kappa shape index (κ1) is 15.2. The van der Waals surface area contributed by atoms with Crippen LogP contribution in [-0.4, -0.2) is 21.3 Å². The Morgan fingerprint density at radius 2 is 2.10 bits per heavy atom. The fourth-order valence-electron chi connectivity index (χ4n) is 2.04. The fraction of sp³-hybridized carbons (Fsp3) is 0.467. The monoisotopic (exact) mass is 336 g/mol. The van der Waals surface area contributed by atoms with E-state index in [1.807, 2.05) is 30.8 Å². The highest BCUT2D eigenvalue weighted by molar-refractivity contribution is 9.10. The predicted octanol–water partition coefficient (Wildman–Crippen LogP) is 3.39. The van der Waals surface area contributed by atoms with E-state index in [9.17, 15) is 0 Å². The fourth-order valence-corrected chi connectivity index (χ4v) is 2.29. The number of hydrogen-bond acceptors (Lipinski definition) is 3. The molecule has 1 N–H and O–H groups in total. The second-order valence-electron chi connectivity index (χ2n) is 5.44. The Kier molecular flexibility index (Phi) is 4.94. The molecule has 0 aromatic carbocycles. The maximum atomic E-state index is 4.52. The van der Waals surface area contributed by atoms with E-state index < -0.39 is 0 Å². The minimum absolute atomic E-state index is 0.656. The highest BCUT2D eigenvalue weighted by atomic mass is 79.9. The number of hydrogen-bond donors (Lipinski definition) is 1. The van der Waals surface area contributed by atoms with Gasteiger partial charge in [0.15, 0.2) is 5.82 Å². The van der Waals surface area contributed by atoms with Gasteiger partial charge in [0, 0.05) is 12.7 Å². The quantitative estimate of drug-likeness (QED) is 0.909.